The number of halogens is 3. The third kappa shape index (κ3) is 9.47. The Labute approximate surface area is 229 Å². The van der Waals surface area contributed by atoms with Crippen molar-refractivity contribution in [3.05, 3.63) is 59.7 Å². The fraction of sp³-hybridized carbons (Fsp3) is 0.407. The molecule has 40 heavy (non-hydrogen) atoms. The van der Waals surface area contributed by atoms with E-state index in [0.29, 0.717) is 36.0 Å². The fourth-order valence-corrected chi connectivity index (χ4v) is 3.17. The molecule has 0 saturated carbocycles. The van der Waals surface area contributed by atoms with Crippen molar-refractivity contribution in [1.82, 2.24) is 15.0 Å². The minimum Gasteiger partial charge on any atom is -0.493 e. The minimum atomic E-state index is -4.39. The van der Waals surface area contributed by atoms with Gasteiger partial charge in [-0.1, -0.05) is 12.1 Å². The van der Waals surface area contributed by atoms with Crippen LogP contribution >= 0.6 is 0 Å². The first-order valence-corrected chi connectivity index (χ1v) is 12.5. The van der Waals surface area contributed by atoms with Crippen molar-refractivity contribution >= 4 is 17.9 Å². The number of carbonyl (C=O) groups is 1. The van der Waals surface area contributed by atoms with E-state index in [-0.39, 0.29) is 31.2 Å². The van der Waals surface area contributed by atoms with E-state index in [2.05, 4.69) is 25.6 Å². The van der Waals surface area contributed by atoms with Gasteiger partial charge in [-0.25, -0.2) is 4.79 Å². The summed E-state index contributed by atoms with van der Waals surface area (Å²) in [5.41, 5.74) is -1.45. The molecular weight excluding hydrogens is 531 g/mol. The molecule has 1 aromatic heterocycles. The molecule has 0 spiro atoms. The average molecular weight is 564 g/mol. The van der Waals surface area contributed by atoms with Gasteiger partial charge in [-0.05, 0) is 69.7 Å². The molecule has 2 aromatic carbocycles. The number of rotatable bonds is 14. The van der Waals surface area contributed by atoms with Gasteiger partial charge in [0.25, 0.3) is 0 Å². The van der Waals surface area contributed by atoms with E-state index >= 15 is 0 Å². The number of carboxylic acid groups (broad SMARTS) is 1. The SMILES string of the molecule is CC(C)Nc1nc(NCc2ccc(C(F)(F)F)cc2)nc(OCCCOc2ccc(OC(C)(C)C(=O)O)cc2)n1. The Kier molecular flexibility index (Phi) is 9.97. The monoisotopic (exact) mass is 563 g/mol. The minimum absolute atomic E-state index is 0.0402. The van der Waals surface area contributed by atoms with Crippen LogP contribution in [0.25, 0.3) is 0 Å². The van der Waals surface area contributed by atoms with E-state index in [1.165, 1.54) is 26.0 Å². The maximum absolute atomic E-state index is 12.8. The Hall–Kier alpha value is -4.29. The number of benzene rings is 2. The summed E-state index contributed by atoms with van der Waals surface area (Å²) in [5.74, 6) is 0.419. The second kappa shape index (κ2) is 13.2. The summed E-state index contributed by atoms with van der Waals surface area (Å²) in [6, 6.07) is 11.6. The number of hydrogen-bond donors (Lipinski definition) is 3. The number of aliphatic carboxylic acids is 1. The zero-order valence-corrected chi connectivity index (χ0v) is 22.6. The topological polar surface area (TPSA) is 128 Å². The predicted octanol–water partition coefficient (Wildman–Crippen LogP) is 5.41. The van der Waals surface area contributed by atoms with E-state index in [1.807, 2.05) is 13.8 Å². The lowest BCUT2D eigenvalue weighted by Crippen LogP contribution is -2.37. The van der Waals surface area contributed by atoms with Gasteiger partial charge in [0.05, 0.1) is 18.8 Å². The molecule has 216 valence electrons. The van der Waals surface area contributed by atoms with Crippen LogP contribution in [-0.2, 0) is 17.5 Å². The Morgan fingerprint density at radius 2 is 1.50 bits per heavy atom. The van der Waals surface area contributed by atoms with E-state index in [0.717, 1.165) is 12.1 Å². The largest absolute Gasteiger partial charge is 0.493 e. The molecule has 10 nitrogen and oxygen atoms in total. The number of nitrogens with zero attached hydrogens (tertiary/aromatic N) is 3. The van der Waals surface area contributed by atoms with Gasteiger partial charge in [-0.3, -0.25) is 0 Å². The highest BCUT2D eigenvalue weighted by molar-refractivity contribution is 5.76. The van der Waals surface area contributed by atoms with Gasteiger partial charge in [-0.15, -0.1) is 0 Å². The summed E-state index contributed by atoms with van der Waals surface area (Å²) >= 11 is 0. The molecule has 0 unspecified atom stereocenters. The molecule has 3 rings (SSSR count). The Bertz CT molecular complexity index is 1250. The third-order valence-electron chi connectivity index (χ3n) is 5.26. The molecular formula is C27H32F3N5O5. The van der Waals surface area contributed by atoms with Crippen molar-refractivity contribution in [1.29, 1.82) is 0 Å². The lowest BCUT2D eigenvalue weighted by Gasteiger charge is -2.21. The lowest BCUT2D eigenvalue weighted by molar-refractivity contribution is -0.152. The van der Waals surface area contributed by atoms with Crippen molar-refractivity contribution in [3.63, 3.8) is 0 Å². The molecule has 0 atom stereocenters. The smallest absolute Gasteiger partial charge is 0.416 e. The van der Waals surface area contributed by atoms with Crippen LogP contribution in [0.1, 0.15) is 45.2 Å². The van der Waals surface area contributed by atoms with Crippen LogP contribution in [0.3, 0.4) is 0 Å². The highest BCUT2D eigenvalue weighted by atomic mass is 19.4. The third-order valence-corrected chi connectivity index (χ3v) is 5.26. The highest BCUT2D eigenvalue weighted by Gasteiger charge is 2.30. The summed E-state index contributed by atoms with van der Waals surface area (Å²) < 4.78 is 55.2. The maximum Gasteiger partial charge on any atom is 0.416 e. The van der Waals surface area contributed by atoms with Gasteiger partial charge in [0.15, 0.2) is 5.60 Å². The molecule has 0 fully saturated rings. The molecule has 3 aromatic rings. The highest BCUT2D eigenvalue weighted by Crippen LogP contribution is 2.29. The van der Waals surface area contributed by atoms with E-state index in [4.69, 9.17) is 19.3 Å². The zero-order chi connectivity index (χ0) is 29.3. The molecule has 3 N–H and O–H groups in total. The Balaban J connectivity index is 1.51. The maximum atomic E-state index is 12.8. The zero-order valence-electron chi connectivity index (χ0n) is 22.6. The van der Waals surface area contributed by atoms with Crippen LogP contribution in [0.5, 0.6) is 17.5 Å². The van der Waals surface area contributed by atoms with Gasteiger partial charge < -0.3 is 30.0 Å². The van der Waals surface area contributed by atoms with Crippen molar-refractivity contribution in [2.45, 2.75) is 58.5 Å². The number of aromatic nitrogens is 3. The molecule has 0 amide bonds. The quantitative estimate of drug-likeness (QED) is 0.219. The van der Waals surface area contributed by atoms with Gasteiger partial charge in [0, 0.05) is 19.0 Å². The molecule has 0 radical (unpaired) electrons. The number of carboxylic acids is 1. The molecule has 0 aliphatic heterocycles. The van der Waals surface area contributed by atoms with Gasteiger partial charge in [0.1, 0.15) is 11.5 Å². The van der Waals surface area contributed by atoms with Crippen LogP contribution in [0.15, 0.2) is 48.5 Å². The molecule has 0 aliphatic carbocycles. The summed E-state index contributed by atoms with van der Waals surface area (Å²) in [6.07, 6.45) is -3.88. The first-order valence-electron chi connectivity index (χ1n) is 12.5. The number of hydrogen-bond acceptors (Lipinski definition) is 9. The second-order valence-corrected chi connectivity index (χ2v) is 9.55. The molecule has 0 bridgehead atoms. The summed E-state index contributed by atoms with van der Waals surface area (Å²) in [5, 5.41) is 15.2. The average Bonchev–Trinajstić information content (AvgIpc) is 2.87. The van der Waals surface area contributed by atoms with E-state index in [1.54, 1.807) is 24.3 Å². The van der Waals surface area contributed by atoms with Crippen LogP contribution in [0, 0.1) is 0 Å². The van der Waals surface area contributed by atoms with Gasteiger partial charge >= 0.3 is 18.2 Å². The van der Waals surface area contributed by atoms with Crippen molar-refractivity contribution in [2.75, 3.05) is 23.8 Å². The van der Waals surface area contributed by atoms with Crippen LogP contribution in [0.4, 0.5) is 25.1 Å². The number of anilines is 2. The normalized spacial score (nSPS) is 11.7. The molecule has 13 heteroatoms. The second-order valence-electron chi connectivity index (χ2n) is 9.55. The standard InChI is InChI=1S/C27H32F3N5O5/c1-17(2)32-24-33-23(31-16-18-6-8-19(9-7-18)27(28,29)30)34-25(35-24)39-15-5-14-38-20-10-12-21(13-11-20)40-26(3,4)22(36)37/h6-13,17H,5,14-16H2,1-4H3,(H,36,37)(H2,31,32,33,34,35). The summed E-state index contributed by atoms with van der Waals surface area (Å²) in [6.45, 7) is 7.55. The number of alkyl halides is 3. The Morgan fingerprint density at radius 3 is 2.10 bits per heavy atom. The number of ether oxygens (including phenoxy) is 3. The van der Waals surface area contributed by atoms with Crippen LogP contribution in [0.2, 0.25) is 0 Å². The van der Waals surface area contributed by atoms with E-state index < -0.39 is 23.3 Å². The van der Waals surface area contributed by atoms with Crippen molar-refractivity contribution < 1.29 is 37.3 Å². The summed E-state index contributed by atoms with van der Waals surface area (Å²) in [4.78, 5) is 24.0. The molecule has 0 aliphatic rings. The summed E-state index contributed by atoms with van der Waals surface area (Å²) in [7, 11) is 0. The van der Waals surface area contributed by atoms with Crippen LogP contribution in [-0.4, -0.2) is 50.9 Å². The van der Waals surface area contributed by atoms with Crippen molar-refractivity contribution in [3.8, 4) is 17.5 Å². The van der Waals surface area contributed by atoms with Crippen molar-refractivity contribution in [2.24, 2.45) is 0 Å². The number of nitrogens with one attached hydrogen (secondary N) is 2. The molecule has 0 saturated heterocycles. The van der Waals surface area contributed by atoms with Gasteiger partial charge in [-0.2, -0.15) is 28.1 Å². The van der Waals surface area contributed by atoms with E-state index in [9.17, 15) is 18.0 Å². The lowest BCUT2D eigenvalue weighted by atomic mass is 10.1. The Morgan fingerprint density at radius 1 is 0.900 bits per heavy atom. The fourth-order valence-electron chi connectivity index (χ4n) is 3.17. The van der Waals surface area contributed by atoms with Gasteiger partial charge in [0.2, 0.25) is 11.9 Å². The van der Waals surface area contributed by atoms with Crippen LogP contribution < -0.4 is 24.8 Å². The molecule has 1 heterocycles. The first-order chi connectivity index (χ1) is 18.8. The first kappa shape index (κ1) is 30.3. The predicted molar refractivity (Wildman–Crippen MR) is 142 cm³/mol.